The summed E-state index contributed by atoms with van der Waals surface area (Å²) in [6.07, 6.45) is 2.00. The molecule has 0 spiro atoms. The maximum atomic E-state index is 12.7. The quantitative estimate of drug-likeness (QED) is 0.868. The molecule has 0 radical (unpaired) electrons. The largest absolute Gasteiger partial charge is 0.338 e. The van der Waals surface area contributed by atoms with Crippen LogP contribution in [0.2, 0.25) is 0 Å². The van der Waals surface area contributed by atoms with Gasteiger partial charge in [0, 0.05) is 36.6 Å². The van der Waals surface area contributed by atoms with E-state index in [1.54, 1.807) is 6.92 Å². The summed E-state index contributed by atoms with van der Waals surface area (Å²) in [6, 6.07) is 9.75. The lowest BCUT2D eigenvalue weighted by molar-refractivity contribution is -0.131. The third-order valence-corrected chi connectivity index (χ3v) is 8.46. The number of benzene rings is 1. The monoisotopic (exact) mass is 382 g/mol. The summed E-state index contributed by atoms with van der Waals surface area (Å²) in [5.41, 5.74) is 0.961. The van der Waals surface area contributed by atoms with Crippen LogP contribution in [0, 0.1) is 0 Å². The van der Waals surface area contributed by atoms with Gasteiger partial charge in [0.1, 0.15) is 0 Å². The van der Waals surface area contributed by atoms with Gasteiger partial charge in [-0.05, 0) is 24.8 Å². The van der Waals surface area contributed by atoms with Gasteiger partial charge in [0.05, 0.1) is 5.25 Å². The zero-order chi connectivity index (χ0) is 18.0. The molecule has 1 heterocycles. The Morgan fingerprint density at radius 1 is 1.28 bits per heavy atom. The van der Waals surface area contributed by atoms with Crippen LogP contribution in [0.4, 0.5) is 0 Å². The van der Waals surface area contributed by atoms with Gasteiger partial charge in [-0.2, -0.15) is 11.8 Å². The normalized spacial score (nSPS) is 29.9. The van der Waals surface area contributed by atoms with E-state index in [0.29, 0.717) is 24.6 Å². The van der Waals surface area contributed by atoms with E-state index in [1.165, 1.54) is 0 Å². The second-order valence-corrected chi connectivity index (χ2v) is 10.7. The summed E-state index contributed by atoms with van der Waals surface area (Å²) < 4.78 is 28.2. The van der Waals surface area contributed by atoms with Gasteiger partial charge >= 0.3 is 0 Å². The maximum absolute atomic E-state index is 12.7. The Kier molecular flexibility index (Phi) is 5.75. The number of sulfonamides is 1. The maximum Gasteiger partial charge on any atom is 0.219 e. The Balaban J connectivity index is 1.65. The number of carbonyl (C=O) groups excluding carboxylic acids is 1. The Morgan fingerprint density at radius 2 is 2.00 bits per heavy atom. The van der Waals surface area contributed by atoms with Crippen molar-refractivity contribution in [3.05, 3.63) is 35.9 Å². The number of fused-ring (bicyclic) bond motifs is 1. The number of hydrogen-bond acceptors (Lipinski definition) is 4. The molecule has 1 aromatic rings. The van der Waals surface area contributed by atoms with Gasteiger partial charge in [-0.1, -0.05) is 37.3 Å². The number of nitrogens with zero attached hydrogens (tertiary/aromatic N) is 1. The van der Waals surface area contributed by atoms with Gasteiger partial charge in [0.2, 0.25) is 15.9 Å². The Morgan fingerprint density at radius 3 is 2.68 bits per heavy atom. The first-order valence-corrected chi connectivity index (χ1v) is 11.3. The third-order valence-electron chi connectivity index (χ3n) is 5.13. The molecule has 1 aromatic carbocycles. The van der Waals surface area contributed by atoms with Crippen molar-refractivity contribution in [1.82, 2.24) is 9.62 Å². The van der Waals surface area contributed by atoms with Gasteiger partial charge in [0.25, 0.3) is 0 Å². The molecular weight excluding hydrogens is 356 g/mol. The van der Waals surface area contributed by atoms with Crippen LogP contribution in [0.5, 0.6) is 0 Å². The van der Waals surface area contributed by atoms with Crippen LogP contribution < -0.4 is 4.72 Å². The van der Waals surface area contributed by atoms with Crippen LogP contribution in [0.1, 0.15) is 38.7 Å². The topological polar surface area (TPSA) is 66.5 Å². The molecule has 0 bridgehead atoms. The number of nitrogens with one attached hydrogen (secondary N) is 1. The van der Waals surface area contributed by atoms with Crippen molar-refractivity contribution in [2.75, 3.05) is 6.54 Å². The van der Waals surface area contributed by atoms with Crippen LogP contribution in [0.15, 0.2) is 30.3 Å². The first-order chi connectivity index (χ1) is 11.9. The van der Waals surface area contributed by atoms with E-state index in [-0.39, 0.29) is 22.4 Å². The number of amides is 1. The molecule has 1 saturated heterocycles. The fourth-order valence-corrected chi connectivity index (χ4v) is 7.16. The second-order valence-electron chi connectivity index (χ2n) is 7.01. The van der Waals surface area contributed by atoms with E-state index in [4.69, 9.17) is 0 Å². The highest BCUT2D eigenvalue weighted by atomic mass is 32.2. The fourth-order valence-electron chi connectivity index (χ4n) is 3.87. The Labute approximate surface area is 154 Å². The number of rotatable bonds is 4. The van der Waals surface area contributed by atoms with Crippen LogP contribution in [-0.4, -0.2) is 47.6 Å². The first-order valence-electron chi connectivity index (χ1n) is 8.82. The van der Waals surface area contributed by atoms with Crippen LogP contribution in [0.3, 0.4) is 0 Å². The van der Waals surface area contributed by atoms with Gasteiger partial charge in [-0.3, -0.25) is 4.79 Å². The van der Waals surface area contributed by atoms with Gasteiger partial charge < -0.3 is 4.90 Å². The molecule has 4 unspecified atom stereocenters. The van der Waals surface area contributed by atoms with Crippen LogP contribution >= 0.6 is 11.8 Å². The molecule has 1 saturated carbocycles. The molecule has 4 atom stereocenters. The zero-order valence-electron chi connectivity index (χ0n) is 14.7. The Hall–Kier alpha value is -1.05. The zero-order valence-corrected chi connectivity index (χ0v) is 16.4. The van der Waals surface area contributed by atoms with Crippen molar-refractivity contribution in [2.45, 2.75) is 61.4 Å². The predicted octanol–water partition coefficient (Wildman–Crippen LogP) is 2.38. The molecular formula is C18H26N2O3S2. The van der Waals surface area contributed by atoms with E-state index < -0.39 is 10.0 Å². The van der Waals surface area contributed by atoms with Crippen molar-refractivity contribution >= 4 is 27.7 Å². The van der Waals surface area contributed by atoms with E-state index in [1.807, 2.05) is 47.0 Å². The molecule has 138 valence electrons. The summed E-state index contributed by atoms with van der Waals surface area (Å²) in [5.74, 6) is 0.102. The van der Waals surface area contributed by atoms with Crippen molar-refractivity contribution < 1.29 is 13.2 Å². The summed E-state index contributed by atoms with van der Waals surface area (Å²) >= 11 is 1.84. The molecule has 1 amide bonds. The number of carbonyl (C=O) groups is 1. The van der Waals surface area contributed by atoms with Crippen LogP contribution in [0.25, 0.3) is 0 Å². The molecule has 2 aliphatic rings. The molecule has 2 fully saturated rings. The molecule has 3 rings (SSSR count). The number of hydrogen-bond donors (Lipinski definition) is 1. The molecule has 1 N–H and O–H groups in total. The highest BCUT2D eigenvalue weighted by Crippen LogP contribution is 2.40. The lowest BCUT2D eigenvalue weighted by atomic mass is 9.92. The van der Waals surface area contributed by atoms with Crippen molar-refractivity contribution in [3.8, 4) is 0 Å². The number of thioether (sulfide) groups is 1. The summed E-state index contributed by atoms with van der Waals surface area (Å²) in [7, 11) is -3.35. The summed E-state index contributed by atoms with van der Waals surface area (Å²) in [4.78, 5) is 13.9. The minimum atomic E-state index is -3.35. The highest BCUT2D eigenvalue weighted by molar-refractivity contribution is 8.00. The molecule has 1 aliphatic heterocycles. The van der Waals surface area contributed by atoms with E-state index in [2.05, 4.69) is 11.6 Å². The predicted molar refractivity (Wildman–Crippen MR) is 102 cm³/mol. The minimum Gasteiger partial charge on any atom is -0.338 e. The highest BCUT2D eigenvalue weighted by Gasteiger charge is 2.43. The minimum absolute atomic E-state index is 0.102. The van der Waals surface area contributed by atoms with Crippen molar-refractivity contribution in [1.29, 1.82) is 0 Å². The molecule has 7 heteroatoms. The summed E-state index contributed by atoms with van der Waals surface area (Å²) in [6.45, 7) is 4.83. The van der Waals surface area contributed by atoms with E-state index in [9.17, 15) is 13.2 Å². The van der Waals surface area contributed by atoms with Crippen molar-refractivity contribution in [3.63, 3.8) is 0 Å². The molecule has 0 aromatic heterocycles. The van der Waals surface area contributed by atoms with Crippen molar-refractivity contribution in [2.24, 2.45) is 0 Å². The lowest BCUT2D eigenvalue weighted by Gasteiger charge is -2.47. The smallest absolute Gasteiger partial charge is 0.219 e. The average Bonchev–Trinajstić information content (AvgIpc) is 2.59. The SMILES string of the molecule is CC(=O)N1CC(C)SC2CC(S(=O)(=O)NCc3ccccc3)CCC21. The Bertz CT molecular complexity index is 708. The van der Waals surface area contributed by atoms with E-state index >= 15 is 0 Å². The van der Waals surface area contributed by atoms with Gasteiger partial charge in [0.15, 0.2) is 0 Å². The molecule has 5 nitrogen and oxygen atoms in total. The fraction of sp³-hybridized carbons (Fsp3) is 0.611. The van der Waals surface area contributed by atoms with Gasteiger partial charge in [-0.25, -0.2) is 13.1 Å². The van der Waals surface area contributed by atoms with Crippen LogP contribution in [-0.2, 0) is 21.4 Å². The van der Waals surface area contributed by atoms with E-state index in [0.717, 1.165) is 18.5 Å². The molecule has 1 aliphatic carbocycles. The second kappa shape index (κ2) is 7.68. The summed E-state index contributed by atoms with van der Waals surface area (Å²) in [5, 5.41) is 0.188. The molecule has 25 heavy (non-hydrogen) atoms. The lowest BCUT2D eigenvalue weighted by Crippen LogP contribution is -2.56. The average molecular weight is 383 g/mol. The first kappa shape index (κ1) is 18.7. The standard InChI is InChI=1S/C18H26N2O3S2/c1-13-12-20(14(2)21)17-9-8-16(10-18(17)24-13)25(22,23)19-11-15-6-4-3-5-7-15/h3-7,13,16-19H,8-12H2,1-2H3. The van der Waals surface area contributed by atoms with Gasteiger partial charge in [-0.15, -0.1) is 0 Å². The third kappa shape index (κ3) is 4.38.